The van der Waals surface area contributed by atoms with Gasteiger partial charge in [0, 0.05) is 17.9 Å². The minimum atomic E-state index is -0.441. The van der Waals surface area contributed by atoms with Crippen LogP contribution in [-0.4, -0.2) is 25.0 Å². The molecule has 4 heteroatoms. The topological polar surface area (TPSA) is 55.4 Å². The smallest absolute Gasteiger partial charge is 0.407 e. The molecule has 0 radical (unpaired) electrons. The summed E-state index contributed by atoms with van der Waals surface area (Å²) < 4.78 is 4.54. The molecule has 0 unspecified atom stereocenters. The van der Waals surface area contributed by atoms with Gasteiger partial charge in [-0.05, 0) is 12.8 Å². The number of methoxy groups -OCH3 is 1. The maximum atomic E-state index is 11.8. The SMILES string of the molecule is COC(=O)N[C@H]1CCC[C@@H]1C(=O)C(C)C. The summed E-state index contributed by atoms with van der Waals surface area (Å²) in [6, 6.07) is -0.0349. The highest BCUT2D eigenvalue weighted by atomic mass is 16.5. The summed E-state index contributed by atoms with van der Waals surface area (Å²) in [4.78, 5) is 22.9. The van der Waals surface area contributed by atoms with Gasteiger partial charge in [-0.3, -0.25) is 4.79 Å². The fourth-order valence-electron chi connectivity index (χ4n) is 2.11. The van der Waals surface area contributed by atoms with E-state index in [4.69, 9.17) is 0 Å². The number of amides is 1. The Morgan fingerprint density at radius 1 is 1.33 bits per heavy atom. The third-order valence-corrected chi connectivity index (χ3v) is 2.94. The standard InChI is InChI=1S/C11H19NO3/c1-7(2)10(13)8-5-4-6-9(8)12-11(14)15-3/h7-9H,4-6H2,1-3H3,(H,12,14)/t8-,9-/m0/s1. The molecule has 0 bridgehead atoms. The van der Waals surface area contributed by atoms with E-state index in [1.807, 2.05) is 13.8 Å². The molecule has 1 fully saturated rings. The molecule has 1 aliphatic rings. The first-order chi connectivity index (χ1) is 7.06. The monoisotopic (exact) mass is 213 g/mol. The summed E-state index contributed by atoms with van der Waals surface area (Å²) >= 11 is 0. The first kappa shape index (κ1) is 12.0. The van der Waals surface area contributed by atoms with Gasteiger partial charge >= 0.3 is 6.09 Å². The van der Waals surface area contributed by atoms with Crippen LogP contribution in [0.25, 0.3) is 0 Å². The van der Waals surface area contributed by atoms with E-state index in [2.05, 4.69) is 10.1 Å². The predicted molar refractivity (Wildman–Crippen MR) is 56.5 cm³/mol. The van der Waals surface area contributed by atoms with Crippen LogP contribution in [0.3, 0.4) is 0 Å². The highest BCUT2D eigenvalue weighted by Gasteiger charge is 2.34. The number of hydrogen-bond donors (Lipinski definition) is 1. The van der Waals surface area contributed by atoms with Crippen molar-refractivity contribution in [2.24, 2.45) is 11.8 Å². The number of rotatable bonds is 3. The number of hydrogen-bond acceptors (Lipinski definition) is 3. The molecule has 86 valence electrons. The lowest BCUT2D eigenvalue weighted by molar-refractivity contribution is -0.126. The molecule has 0 heterocycles. The minimum absolute atomic E-state index is 0.0240. The number of ketones is 1. The highest BCUT2D eigenvalue weighted by molar-refractivity contribution is 5.84. The van der Waals surface area contributed by atoms with E-state index in [0.717, 1.165) is 19.3 Å². The Kier molecular flexibility index (Phi) is 4.12. The molecule has 0 saturated heterocycles. The molecule has 1 amide bonds. The predicted octanol–water partition coefficient (Wildman–Crippen LogP) is 1.74. The average molecular weight is 213 g/mol. The molecule has 1 aliphatic carbocycles. The highest BCUT2D eigenvalue weighted by Crippen LogP contribution is 2.28. The Balaban J connectivity index is 2.57. The zero-order valence-electron chi connectivity index (χ0n) is 9.58. The van der Waals surface area contributed by atoms with E-state index in [-0.39, 0.29) is 23.7 Å². The molecule has 15 heavy (non-hydrogen) atoms. The number of ether oxygens (including phenoxy) is 1. The van der Waals surface area contributed by atoms with Gasteiger partial charge in [0.2, 0.25) is 0 Å². The number of Topliss-reactive ketones (excluding diaryl/α,β-unsaturated/α-hetero) is 1. The lowest BCUT2D eigenvalue weighted by Crippen LogP contribution is -2.41. The molecule has 0 aromatic carbocycles. The van der Waals surface area contributed by atoms with E-state index < -0.39 is 6.09 Å². The van der Waals surface area contributed by atoms with Crippen molar-refractivity contribution < 1.29 is 14.3 Å². The van der Waals surface area contributed by atoms with Gasteiger partial charge in [-0.15, -0.1) is 0 Å². The Morgan fingerprint density at radius 2 is 2.00 bits per heavy atom. The number of alkyl carbamates (subject to hydrolysis) is 1. The van der Waals surface area contributed by atoms with Crippen LogP contribution < -0.4 is 5.32 Å². The van der Waals surface area contributed by atoms with Crippen LogP contribution in [0.1, 0.15) is 33.1 Å². The van der Waals surface area contributed by atoms with Gasteiger partial charge in [0.05, 0.1) is 7.11 Å². The molecular formula is C11H19NO3. The second-order valence-corrected chi connectivity index (χ2v) is 4.34. The van der Waals surface area contributed by atoms with Gasteiger partial charge in [-0.2, -0.15) is 0 Å². The summed E-state index contributed by atoms with van der Waals surface area (Å²) in [5, 5.41) is 2.73. The normalized spacial score (nSPS) is 25.3. The molecule has 0 spiro atoms. The van der Waals surface area contributed by atoms with Gasteiger partial charge in [0.15, 0.2) is 0 Å². The Labute approximate surface area is 90.4 Å². The summed E-state index contributed by atoms with van der Waals surface area (Å²) in [6.07, 6.45) is 2.31. The Hall–Kier alpha value is -1.06. The molecule has 1 rings (SSSR count). The van der Waals surface area contributed by atoms with Crippen LogP contribution in [0.15, 0.2) is 0 Å². The van der Waals surface area contributed by atoms with E-state index in [0.29, 0.717) is 0 Å². The zero-order valence-corrected chi connectivity index (χ0v) is 9.58. The molecule has 1 saturated carbocycles. The minimum Gasteiger partial charge on any atom is -0.453 e. The Morgan fingerprint density at radius 3 is 2.53 bits per heavy atom. The molecule has 4 nitrogen and oxygen atoms in total. The summed E-state index contributed by atoms with van der Waals surface area (Å²) in [7, 11) is 1.34. The molecular weight excluding hydrogens is 194 g/mol. The van der Waals surface area contributed by atoms with Crippen molar-refractivity contribution in [2.45, 2.75) is 39.2 Å². The van der Waals surface area contributed by atoms with Crippen LogP contribution in [0.5, 0.6) is 0 Å². The van der Waals surface area contributed by atoms with Gasteiger partial charge in [-0.25, -0.2) is 4.79 Å². The van der Waals surface area contributed by atoms with Crippen molar-refractivity contribution in [1.29, 1.82) is 0 Å². The van der Waals surface area contributed by atoms with E-state index in [1.54, 1.807) is 0 Å². The quantitative estimate of drug-likeness (QED) is 0.776. The van der Waals surface area contributed by atoms with Crippen molar-refractivity contribution >= 4 is 11.9 Å². The molecule has 0 aliphatic heterocycles. The first-order valence-corrected chi connectivity index (χ1v) is 5.44. The van der Waals surface area contributed by atoms with Crippen LogP contribution in [0.2, 0.25) is 0 Å². The molecule has 0 aromatic rings. The summed E-state index contributed by atoms with van der Waals surface area (Å²) in [5.74, 6) is 0.257. The van der Waals surface area contributed by atoms with Crippen LogP contribution in [0.4, 0.5) is 4.79 Å². The van der Waals surface area contributed by atoms with Gasteiger partial charge in [-0.1, -0.05) is 20.3 Å². The lowest BCUT2D eigenvalue weighted by Gasteiger charge is -2.20. The maximum Gasteiger partial charge on any atom is 0.407 e. The largest absolute Gasteiger partial charge is 0.453 e. The van der Waals surface area contributed by atoms with Gasteiger partial charge < -0.3 is 10.1 Å². The second-order valence-electron chi connectivity index (χ2n) is 4.34. The van der Waals surface area contributed by atoms with Crippen molar-refractivity contribution in [3.05, 3.63) is 0 Å². The number of carbonyl (C=O) groups is 2. The van der Waals surface area contributed by atoms with E-state index in [1.165, 1.54) is 7.11 Å². The maximum absolute atomic E-state index is 11.8. The number of nitrogens with one attached hydrogen (secondary N) is 1. The third kappa shape index (κ3) is 2.94. The van der Waals surface area contributed by atoms with Gasteiger partial charge in [0.1, 0.15) is 5.78 Å². The fourth-order valence-corrected chi connectivity index (χ4v) is 2.11. The fraction of sp³-hybridized carbons (Fsp3) is 0.818. The summed E-state index contributed by atoms with van der Waals surface area (Å²) in [6.45, 7) is 3.80. The third-order valence-electron chi connectivity index (χ3n) is 2.94. The molecule has 1 N–H and O–H groups in total. The van der Waals surface area contributed by atoms with Crippen molar-refractivity contribution in [3.63, 3.8) is 0 Å². The molecule has 2 atom stereocenters. The Bertz CT molecular complexity index is 250. The van der Waals surface area contributed by atoms with Crippen LogP contribution in [-0.2, 0) is 9.53 Å². The molecule has 0 aromatic heterocycles. The number of carbonyl (C=O) groups excluding carboxylic acids is 2. The second kappa shape index (κ2) is 5.14. The lowest BCUT2D eigenvalue weighted by atomic mass is 9.91. The average Bonchev–Trinajstić information content (AvgIpc) is 2.64. The summed E-state index contributed by atoms with van der Waals surface area (Å²) in [5.41, 5.74) is 0. The van der Waals surface area contributed by atoms with E-state index in [9.17, 15) is 9.59 Å². The first-order valence-electron chi connectivity index (χ1n) is 5.44. The van der Waals surface area contributed by atoms with Crippen molar-refractivity contribution in [2.75, 3.05) is 7.11 Å². The zero-order chi connectivity index (χ0) is 11.4. The van der Waals surface area contributed by atoms with Crippen LogP contribution >= 0.6 is 0 Å². The van der Waals surface area contributed by atoms with E-state index >= 15 is 0 Å². The van der Waals surface area contributed by atoms with Crippen molar-refractivity contribution in [1.82, 2.24) is 5.32 Å². The van der Waals surface area contributed by atoms with Crippen molar-refractivity contribution in [3.8, 4) is 0 Å². The van der Waals surface area contributed by atoms with Gasteiger partial charge in [0.25, 0.3) is 0 Å². The van der Waals surface area contributed by atoms with Crippen LogP contribution in [0, 0.1) is 11.8 Å².